The monoisotopic (exact) mass is 376 g/mol. The molecule has 0 aliphatic rings. The van der Waals surface area contributed by atoms with Gasteiger partial charge in [0.2, 0.25) is 5.82 Å². The van der Waals surface area contributed by atoms with E-state index >= 15 is 8.78 Å². The van der Waals surface area contributed by atoms with E-state index in [4.69, 9.17) is 0 Å². The maximum atomic E-state index is 15.2. The predicted molar refractivity (Wildman–Crippen MR) is 101 cm³/mol. The summed E-state index contributed by atoms with van der Waals surface area (Å²) in [4.78, 5) is 8.16. The van der Waals surface area contributed by atoms with Crippen molar-refractivity contribution in [2.75, 3.05) is 0 Å². The van der Waals surface area contributed by atoms with E-state index in [1.165, 1.54) is 18.2 Å². The second kappa shape index (κ2) is 7.07. The van der Waals surface area contributed by atoms with Gasteiger partial charge in [0.05, 0.1) is 11.2 Å². The van der Waals surface area contributed by atoms with E-state index in [2.05, 4.69) is 31.8 Å². The Hall–Kier alpha value is -3.81. The number of aromatic nitrogens is 5. The van der Waals surface area contributed by atoms with E-state index in [1.54, 1.807) is 48.9 Å². The van der Waals surface area contributed by atoms with Crippen molar-refractivity contribution in [1.29, 1.82) is 0 Å². The molecular weight excluding hydrogens is 362 g/mol. The van der Waals surface area contributed by atoms with Gasteiger partial charge in [-0.3, -0.25) is 9.97 Å². The minimum absolute atomic E-state index is 0.223. The molecule has 6 nitrogen and oxygen atoms in total. The van der Waals surface area contributed by atoms with Gasteiger partial charge in [-0.1, -0.05) is 18.7 Å². The highest BCUT2D eigenvalue weighted by Gasteiger charge is 2.40. The van der Waals surface area contributed by atoms with Crippen molar-refractivity contribution in [1.82, 2.24) is 24.8 Å². The molecule has 4 rings (SSSR count). The Balaban J connectivity index is 1.78. The van der Waals surface area contributed by atoms with Crippen molar-refractivity contribution in [3.05, 3.63) is 97.0 Å². The van der Waals surface area contributed by atoms with Crippen LogP contribution in [-0.4, -0.2) is 30.6 Å². The van der Waals surface area contributed by atoms with Gasteiger partial charge in [0, 0.05) is 35.1 Å². The molecule has 0 amide bonds. The normalized spacial score (nSPS) is 12.3. The quantitative estimate of drug-likeness (QED) is 0.497. The average molecular weight is 376 g/mol. The summed E-state index contributed by atoms with van der Waals surface area (Å²) < 4.78 is 31.4. The standard InChI is InChI=1S/C20H14F2N6/c1-2-17(15-6-3-9-23-12-15)27-28-13-25-26-19(28)20(21,22)16-7-8-18-14(11-16)5-4-10-24-18/h2-13H,1H2/b27-17+. The average Bonchev–Trinajstić information content (AvgIpc) is 3.21. The SMILES string of the molecule is C=C/C(=N\n1cnnc1C(F)(F)c1ccc2ncccc2c1)c1cccnc1. The highest BCUT2D eigenvalue weighted by atomic mass is 19.3. The van der Waals surface area contributed by atoms with Crippen molar-refractivity contribution < 1.29 is 8.78 Å². The molecule has 3 aromatic heterocycles. The zero-order valence-corrected chi connectivity index (χ0v) is 14.6. The second-order valence-corrected chi connectivity index (χ2v) is 5.92. The smallest absolute Gasteiger partial charge is 0.264 e. The van der Waals surface area contributed by atoms with E-state index in [0.29, 0.717) is 22.2 Å². The number of hydrogen-bond donors (Lipinski definition) is 0. The van der Waals surface area contributed by atoms with Crippen LogP contribution in [0.3, 0.4) is 0 Å². The first-order valence-corrected chi connectivity index (χ1v) is 8.35. The van der Waals surface area contributed by atoms with E-state index in [-0.39, 0.29) is 5.56 Å². The number of pyridine rings is 2. The van der Waals surface area contributed by atoms with Crippen LogP contribution in [0.15, 0.2) is 85.1 Å². The molecule has 0 atom stereocenters. The fourth-order valence-electron chi connectivity index (χ4n) is 2.76. The topological polar surface area (TPSA) is 68.8 Å². The molecule has 8 heteroatoms. The van der Waals surface area contributed by atoms with Gasteiger partial charge in [0.25, 0.3) is 0 Å². The summed E-state index contributed by atoms with van der Waals surface area (Å²) in [6.45, 7) is 3.69. The summed E-state index contributed by atoms with van der Waals surface area (Å²) in [5.41, 5.74) is 1.41. The van der Waals surface area contributed by atoms with Gasteiger partial charge < -0.3 is 0 Å². The molecule has 0 saturated carbocycles. The minimum Gasteiger partial charge on any atom is -0.264 e. The van der Waals surface area contributed by atoms with Crippen LogP contribution in [0, 0.1) is 0 Å². The van der Waals surface area contributed by atoms with Crippen LogP contribution in [0.1, 0.15) is 17.0 Å². The molecular formula is C20H14F2N6. The summed E-state index contributed by atoms with van der Waals surface area (Å²) in [5.74, 6) is -4.01. The summed E-state index contributed by atoms with van der Waals surface area (Å²) in [7, 11) is 0. The Bertz CT molecular complexity index is 1170. The lowest BCUT2D eigenvalue weighted by molar-refractivity contribution is 0.0295. The van der Waals surface area contributed by atoms with Gasteiger partial charge in [-0.2, -0.15) is 18.6 Å². The van der Waals surface area contributed by atoms with Crippen LogP contribution in [-0.2, 0) is 5.92 Å². The first-order chi connectivity index (χ1) is 13.6. The van der Waals surface area contributed by atoms with Gasteiger partial charge in [0.1, 0.15) is 6.33 Å². The Kier molecular flexibility index (Phi) is 4.44. The Morgan fingerprint density at radius 1 is 1.14 bits per heavy atom. The molecule has 0 unspecified atom stereocenters. The fourth-order valence-corrected chi connectivity index (χ4v) is 2.76. The molecule has 0 bridgehead atoms. The van der Waals surface area contributed by atoms with Gasteiger partial charge in [-0.05, 0) is 36.4 Å². The molecule has 4 aromatic rings. The Morgan fingerprint density at radius 2 is 2.00 bits per heavy atom. The van der Waals surface area contributed by atoms with Gasteiger partial charge >= 0.3 is 5.92 Å². The zero-order valence-electron chi connectivity index (χ0n) is 14.6. The molecule has 0 aliphatic heterocycles. The van der Waals surface area contributed by atoms with Gasteiger partial charge in [0.15, 0.2) is 0 Å². The zero-order chi connectivity index (χ0) is 19.6. The van der Waals surface area contributed by atoms with E-state index in [1.807, 2.05) is 0 Å². The minimum atomic E-state index is -3.41. The lowest BCUT2D eigenvalue weighted by Crippen LogP contribution is -2.21. The van der Waals surface area contributed by atoms with E-state index in [9.17, 15) is 0 Å². The molecule has 28 heavy (non-hydrogen) atoms. The van der Waals surface area contributed by atoms with Crippen LogP contribution >= 0.6 is 0 Å². The van der Waals surface area contributed by atoms with E-state index in [0.717, 1.165) is 11.0 Å². The Morgan fingerprint density at radius 3 is 2.79 bits per heavy atom. The molecule has 0 aliphatic carbocycles. The number of allylic oxidation sites excluding steroid dienone is 1. The number of nitrogens with zero attached hydrogens (tertiary/aromatic N) is 6. The molecule has 138 valence electrons. The van der Waals surface area contributed by atoms with Crippen molar-refractivity contribution in [2.24, 2.45) is 5.10 Å². The molecule has 0 spiro atoms. The molecule has 0 radical (unpaired) electrons. The molecule has 1 aromatic carbocycles. The fraction of sp³-hybridized carbons (Fsp3) is 0.0500. The third-order valence-electron chi connectivity index (χ3n) is 4.14. The lowest BCUT2D eigenvalue weighted by atomic mass is 10.0. The first kappa shape index (κ1) is 17.6. The maximum absolute atomic E-state index is 15.2. The molecule has 0 saturated heterocycles. The summed E-state index contributed by atoms with van der Waals surface area (Å²) in [5, 5.41) is 12.1. The largest absolute Gasteiger partial charge is 0.333 e. The number of halogens is 2. The van der Waals surface area contributed by atoms with Crippen molar-refractivity contribution in [3.8, 4) is 0 Å². The molecule has 3 heterocycles. The highest BCUT2D eigenvalue weighted by molar-refractivity contribution is 6.08. The maximum Gasteiger partial charge on any atom is 0.333 e. The number of benzene rings is 1. The highest BCUT2D eigenvalue weighted by Crippen LogP contribution is 2.35. The third kappa shape index (κ3) is 3.16. The number of hydrogen-bond acceptors (Lipinski definition) is 5. The van der Waals surface area contributed by atoms with Crippen LogP contribution in [0.2, 0.25) is 0 Å². The molecule has 0 N–H and O–H groups in total. The second-order valence-electron chi connectivity index (χ2n) is 5.92. The third-order valence-corrected chi connectivity index (χ3v) is 4.14. The van der Waals surface area contributed by atoms with Gasteiger partial charge in [-0.25, -0.2) is 0 Å². The number of fused-ring (bicyclic) bond motifs is 1. The van der Waals surface area contributed by atoms with Crippen molar-refractivity contribution in [3.63, 3.8) is 0 Å². The van der Waals surface area contributed by atoms with Crippen LogP contribution in [0.4, 0.5) is 8.78 Å². The van der Waals surface area contributed by atoms with Crippen LogP contribution < -0.4 is 0 Å². The van der Waals surface area contributed by atoms with Crippen LogP contribution in [0.25, 0.3) is 10.9 Å². The van der Waals surface area contributed by atoms with E-state index < -0.39 is 11.7 Å². The number of rotatable bonds is 5. The predicted octanol–water partition coefficient (Wildman–Crippen LogP) is 3.80. The lowest BCUT2D eigenvalue weighted by Gasteiger charge is -2.16. The first-order valence-electron chi connectivity index (χ1n) is 8.35. The Labute approximate surface area is 158 Å². The summed E-state index contributed by atoms with van der Waals surface area (Å²) >= 11 is 0. The molecule has 0 fully saturated rings. The summed E-state index contributed by atoms with van der Waals surface area (Å²) in [6, 6.07) is 11.2. The van der Waals surface area contributed by atoms with Gasteiger partial charge in [-0.15, -0.1) is 10.2 Å². The van der Waals surface area contributed by atoms with Crippen molar-refractivity contribution in [2.45, 2.75) is 5.92 Å². The van der Waals surface area contributed by atoms with Crippen LogP contribution in [0.5, 0.6) is 0 Å². The summed E-state index contributed by atoms with van der Waals surface area (Å²) in [6.07, 6.45) is 7.38. The van der Waals surface area contributed by atoms with Crippen molar-refractivity contribution >= 4 is 16.6 Å². The number of alkyl halides is 2.